The number of nitrogens with zero attached hydrogens (tertiary/aromatic N) is 2. The molecule has 3 rings (SSSR count). The Morgan fingerprint density at radius 2 is 1.79 bits per heavy atom. The lowest BCUT2D eigenvalue weighted by Crippen LogP contribution is -2.58. The molecule has 2 N–H and O–H groups in total. The summed E-state index contributed by atoms with van der Waals surface area (Å²) in [4.78, 5) is 29.4. The number of hydrogen-bond acceptors (Lipinski definition) is 4. The summed E-state index contributed by atoms with van der Waals surface area (Å²) < 4.78 is 0. The molecule has 0 spiro atoms. The van der Waals surface area contributed by atoms with Crippen LogP contribution in [-0.2, 0) is 15.0 Å². The van der Waals surface area contributed by atoms with Gasteiger partial charge in [-0.25, -0.2) is 10.0 Å². The average Bonchev–Trinajstić information content (AvgIpc) is 2.69. The number of nitrogens with one attached hydrogen (secondary N) is 2. The van der Waals surface area contributed by atoms with Gasteiger partial charge in [-0.2, -0.15) is 0 Å². The number of hydrogen-bond donors (Lipinski definition) is 2. The minimum Gasteiger partial charge on any atom is -0.348 e. The fraction of sp³-hybridized carbons (Fsp3) is 0.318. The average molecular weight is 378 g/mol. The van der Waals surface area contributed by atoms with Crippen molar-refractivity contribution in [3.8, 4) is 0 Å². The molecule has 28 heavy (non-hydrogen) atoms. The van der Waals surface area contributed by atoms with Gasteiger partial charge in [-0.3, -0.25) is 15.0 Å². The predicted octanol–water partition coefficient (Wildman–Crippen LogP) is 2.73. The first-order valence-electron chi connectivity index (χ1n) is 9.37. The molecule has 0 bridgehead atoms. The standard InChI is InChI=1S/C22H26N4O2/c1-15-10-8-9-13-18(15)22(3,4)14-23-20(27)19-24-16(2)21(28)26(25-19)17-11-6-5-7-12-17/h5-13,16H,14H2,1-4H3,(H,23,27)(H,24,25). The monoisotopic (exact) mass is 378 g/mol. The van der Waals surface area contributed by atoms with Crippen LogP contribution >= 0.6 is 0 Å². The summed E-state index contributed by atoms with van der Waals surface area (Å²) >= 11 is 0. The van der Waals surface area contributed by atoms with Crippen molar-refractivity contribution in [2.24, 2.45) is 4.99 Å². The van der Waals surface area contributed by atoms with E-state index >= 15 is 0 Å². The number of carbonyl (C=O) groups is 2. The molecule has 2 aromatic rings. The molecular formula is C22H26N4O2. The Kier molecular flexibility index (Phi) is 5.49. The van der Waals surface area contributed by atoms with Crippen molar-refractivity contribution < 1.29 is 9.59 Å². The van der Waals surface area contributed by atoms with Crippen LogP contribution in [-0.4, -0.2) is 30.2 Å². The van der Waals surface area contributed by atoms with Gasteiger partial charge in [-0.1, -0.05) is 56.3 Å². The second-order valence-corrected chi connectivity index (χ2v) is 7.66. The summed E-state index contributed by atoms with van der Waals surface area (Å²) in [6.07, 6.45) is 0. The third kappa shape index (κ3) is 4.06. The number of carbonyl (C=O) groups excluding carboxylic acids is 2. The highest BCUT2D eigenvalue weighted by Gasteiger charge is 2.31. The van der Waals surface area contributed by atoms with Crippen LogP contribution in [0.4, 0.5) is 5.69 Å². The predicted molar refractivity (Wildman–Crippen MR) is 111 cm³/mol. The highest BCUT2D eigenvalue weighted by molar-refractivity contribution is 6.39. The van der Waals surface area contributed by atoms with Crippen molar-refractivity contribution in [3.63, 3.8) is 0 Å². The Bertz CT molecular complexity index is 906. The van der Waals surface area contributed by atoms with Gasteiger partial charge in [0.2, 0.25) is 5.84 Å². The zero-order valence-electron chi connectivity index (χ0n) is 16.7. The quantitative estimate of drug-likeness (QED) is 0.840. The maximum Gasteiger partial charge on any atom is 0.288 e. The molecule has 146 valence electrons. The van der Waals surface area contributed by atoms with Crippen LogP contribution in [0.15, 0.2) is 59.6 Å². The topological polar surface area (TPSA) is 73.8 Å². The fourth-order valence-corrected chi connectivity index (χ4v) is 3.32. The fourth-order valence-electron chi connectivity index (χ4n) is 3.32. The van der Waals surface area contributed by atoms with E-state index in [2.05, 4.69) is 48.6 Å². The number of benzene rings is 2. The van der Waals surface area contributed by atoms with Crippen LogP contribution in [0, 0.1) is 6.92 Å². The van der Waals surface area contributed by atoms with E-state index in [0.717, 1.165) is 0 Å². The summed E-state index contributed by atoms with van der Waals surface area (Å²) in [7, 11) is 0. The zero-order valence-corrected chi connectivity index (χ0v) is 16.7. The first-order chi connectivity index (χ1) is 13.3. The number of aliphatic imine (C=N–C) groups is 1. The Morgan fingerprint density at radius 1 is 1.14 bits per heavy atom. The van der Waals surface area contributed by atoms with Gasteiger partial charge in [0.25, 0.3) is 11.8 Å². The van der Waals surface area contributed by atoms with Crippen molar-refractivity contribution in [1.29, 1.82) is 0 Å². The summed E-state index contributed by atoms with van der Waals surface area (Å²) in [5.74, 6) is -0.401. The van der Waals surface area contributed by atoms with Gasteiger partial charge in [0.1, 0.15) is 6.04 Å². The second kappa shape index (κ2) is 7.84. The van der Waals surface area contributed by atoms with Crippen LogP contribution in [0.3, 0.4) is 0 Å². The minimum absolute atomic E-state index is 0.136. The molecule has 0 saturated heterocycles. The van der Waals surface area contributed by atoms with E-state index in [4.69, 9.17) is 0 Å². The van der Waals surface area contributed by atoms with E-state index in [1.54, 1.807) is 19.1 Å². The van der Waals surface area contributed by atoms with Crippen LogP contribution in [0.5, 0.6) is 0 Å². The Labute approximate surface area is 165 Å². The van der Waals surface area contributed by atoms with Gasteiger partial charge in [-0.15, -0.1) is 0 Å². The third-order valence-corrected chi connectivity index (χ3v) is 4.91. The molecule has 1 atom stereocenters. The molecule has 0 radical (unpaired) electrons. The largest absolute Gasteiger partial charge is 0.348 e. The Morgan fingerprint density at radius 3 is 2.46 bits per heavy atom. The van der Waals surface area contributed by atoms with Gasteiger partial charge in [0, 0.05) is 12.0 Å². The second-order valence-electron chi connectivity index (χ2n) is 7.66. The normalized spacial score (nSPS) is 17.0. The van der Waals surface area contributed by atoms with Gasteiger partial charge in [-0.05, 0) is 37.1 Å². The van der Waals surface area contributed by atoms with Crippen LogP contribution in [0.1, 0.15) is 31.9 Å². The van der Waals surface area contributed by atoms with Gasteiger partial charge in [0.15, 0.2) is 0 Å². The summed E-state index contributed by atoms with van der Waals surface area (Å²) in [6.45, 7) is 8.38. The molecule has 6 nitrogen and oxygen atoms in total. The lowest BCUT2D eigenvalue weighted by atomic mass is 9.82. The lowest BCUT2D eigenvalue weighted by molar-refractivity contribution is -0.120. The molecule has 1 heterocycles. The molecule has 0 saturated carbocycles. The van der Waals surface area contributed by atoms with E-state index in [-0.39, 0.29) is 23.1 Å². The molecular weight excluding hydrogens is 352 g/mol. The zero-order chi connectivity index (χ0) is 20.3. The van der Waals surface area contributed by atoms with Crippen molar-refractivity contribution in [1.82, 2.24) is 10.7 Å². The van der Waals surface area contributed by atoms with E-state index in [1.165, 1.54) is 16.1 Å². The lowest BCUT2D eigenvalue weighted by Gasteiger charge is -2.31. The Balaban J connectivity index is 1.73. The number of hydrazine groups is 1. The molecule has 1 unspecified atom stereocenters. The molecule has 0 fully saturated rings. The maximum atomic E-state index is 12.7. The van der Waals surface area contributed by atoms with E-state index in [9.17, 15) is 9.59 Å². The number of rotatable bonds is 5. The number of amides is 2. The minimum atomic E-state index is -0.633. The molecule has 2 amide bonds. The highest BCUT2D eigenvalue weighted by atomic mass is 16.2. The molecule has 0 aliphatic carbocycles. The molecule has 6 heteroatoms. The van der Waals surface area contributed by atoms with Crippen LogP contribution in [0.25, 0.3) is 0 Å². The van der Waals surface area contributed by atoms with E-state index < -0.39 is 6.04 Å². The molecule has 0 aromatic heterocycles. The molecule has 2 aromatic carbocycles. The van der Waals surface area contributed by atoms with Crippen molar-refractivity contribution >= 4 is 23.3 Å². The Hall–Kier alpha value is -3.15. The third-order valence-electron chi connectivity index (χ3n) is 4.91. The summed E-state index contributed by atoms with van der Waals surface area (Å²) in [6, 6.07) is 16.7. The van der Waals surface area contributed by atoms with Crippen LogP contribution in [0.2, 0.25) is 0 Å². The van der Waals surface area contributed by atoms with Gasteiger partial charge in [0.05, 0.1) is 5.69 Å². The first kappa shape index (κ1) is 19.6. The molecule has 1 aliphatic heterocycles. The smallest absolute Gasteiger partial charge is 0.288 e. The van der Waals surface area contributed by atoms with Gasteiger partial charge < -0.3 is 5.32 Å². The van der Waals surface area contributed by atoms with Crippen LogP contribution < -0.4 is 15.8 Å². The van der Waals surface area contributed by atoms with E-state index in [1.807, 2.05) is 30.3 Å². The van der Waals surface area contributed by atoms with E-state index in [0.29, 0.717) is 12.2 Å². The number of amidine groups is 1. The first-order valence-corrected chi connectivity index (χ1v) is 9.37. The molecule has 1 aliphatic rings. The van der Waals surface area contributed by atoms with Crippen molar-refractivity contribution in [3.05, 3.63) is 65.7 Å². The maximum absolute atomic E-state index is 12.7. The van der Waals surface area contributed by atoms with Crippen molar-refractivity contribution in [2.45, 2.75) is 39.2 Å². The number of anilines is 1. The highest BCUT2D eigenvalue weighted by Crippen LogP contribution is 2.25. The number of aryl methyl sites for hydroxylation is 1. The summed E-state index contributed by atoms with van der Waals surface area (Å²) in [5, 5.41) is 4.33. The van der Waals surface area contributed by atoms with Crippen molar-refractivity contribution in [2.75, 3.05) is 11.6 Å². The number of para-hydroxylation sites is 1. The van der Waals surface area contributed by atoms with Gasteiger partial charge >= 0.3 is 0 Å². The SMILES string of the molecule is Cc1ccccc1C(C)(C)CNC(=O)C1=NC(C)C(=O)N(c2ccccc2)N1. The summed E-state index contributed by atoms with van der Waals surface area (Å²) in [5.41, 5.74) is 5.65.